The summed E-state index contributed by atoms with van der Waals surface area (Å²) in [4.78, 5) is 11.4. The molecular weight excluding hydrogens is 349 g/mol. The van der Waals surface area contributed by atoms with Crippen molar-refractivity contribution in [3.05, 3.63) is 15.5 Å². The van der Waals surface area contributed by atoms with Gasteiger partial charge in [-0.05, 0) is 22.6 Å². The molecular formula is C7H9BrIN3O. The van der Waals surface area contributed by atoms with Gasteiger partial charge in [-0.25, -0.2) is 0 Å². The lowest BCUT2D eigenvalue weighted by molar-refractivity contribution is 0.0955. The Labute approximate surface area is 98.3 Å². The normalized spacial score (nSPS) is 10.1. The molecule has 1 amide bonds. The number of amides is 1. The molecule has 1 aromatic rings. The summed E-state index contributed by atoms with van der Waals surface area (Å²) in [5.41, 5.74) is 0.629. The molecule has 0 aliphatic heterocycles. The van der Waals surface area contributed by atoms with Gasteiger partial charge in [-0.3, -0.25) is 9.48 Å². The molecule has 0 aromatic carbocycles. The van der Waals surface area contributed by atoms with E-state index in [9.17, 15) is 4.79 Å². The van der Waals surface area contributed by atoms with Crippen LogP contribution in [0.15, 0.2) is 6.20 Å². The van der Waals surface area contributed by atoms with E-state index in [0.717, 1.165) is 9.03 Å². The Morgan fingerprint density at radius 3 is 3.00 bits per heavy atom. The third-order valence-electron chi connectivity index (χ3n) is 1.49. The van der Waals surface area contributed by atoms with Crippen molar-refractivity contribution in [1.29, 1.82) is 0 Å². The Hall–Kier alpha value is -0.110. The summed E-state index contributed by atoms with van der Waals surface area (Å²) in [5.74, 6) is -0.0723. The van der Waals surface area contributed by atoms with Gasteiger partial charge in [-0.1, -0.05) is 15.9 Å². The number of aryl methyl sites for hydroxylation is 1. The van der Waals surface area contributed by atoms with Crippen molar-refractivity contribution in [3.63, 3.8) is 0 Å². The van der Waals surface area contributed by atoms with Gasteiger partial charge in [-0.15, -0.1) is 0 Å². The summed E-state index contributed by atoms with van der Waals surface area (Å²) >= 11 is 5.33. The first kappa shape index (κ1) is 11.0. The second kappa shape index (κ2) is 4.94. The van der Waals surface area contributed by atoms with Gasteiger partial charge >= 0.3 is 0 Å². The number of carbonyl (C=O) groups is 1. The monoisotopic (exact) mass is 357 g/mol. The molecule has 0 atom stereocenters. The van der Waals surface area contributed by atoms with Crippen LogP contribution >= 0.6 is 38.5 Å². The number of carbonyl (C=O) groups excluding carboxylic acids is 1. The van der Waals surface area contributed by atoms with Gasteiger partial charge in [0.25, 0.3) is 5.91 Å². The molecule has 0 spiro atoms. The van der Waals surface area contributed by atoms with Gasteiger partial charge in [-0.2, -0.15) is 5.10 Å². The van der Waals surface area contributed by atoms with Gasteiger partial charge in [0.2, 0.25) is 0 Å². The van der Waals surface area contributed by atoms with E-state index < -0.39 is 0 Å². The van der Waals surface area contributed by atoms with Crippen LogP contribution in [0, 0.1) is 3.70 Å². The number of hydrogen-bond donors (Lipinski definition) is 1. The molecule has 72 valence electrons. The fourth-order valence-electron chi connectivity index (χ4n) is 0.831. The molecule has 0 radical (unpaired) electrons. The highest BCUT2D eigenvalue weighted by molar-refractivity contribution is 14.1. The Morgan fingerprint density at radius 2 is 2.54 bits per heavy atom. The molecule has 0 aliphatic carbocycles. The fourth-order valence-corrected chi connectivity index (χ4v) is 1.54. The van der Waals surface area contributed by atoms with Gasteiger partial charge in [0, 0.05) is 18.9 Å². The van der Waals surface area contributed by atoms with Gasteiger partial charge in [0.05, 0.1) is 11.8 Å². The van der Waals surface area contributed by atoms with Crippen LogP contribution in [0.25, 0.3) is 0 Å². The van der Waals surface area contributed by atoms with Gasteiger partial charge in [0.1, 0.15) is 3.70 Å². The third kappa shape index (κ3) is 2.67. The molecule has 0 saturated carbocycles. The molecule has 0 unspecified atom stereocenters. The second-order valence-corrected chi connectivity index (χ2v) is 4.23. The highest BCUT2D eigenvalue weighted by Crippen LogP contribution is 2.09. The quantitative estimate of drug-likeness (QED) is 0.651. The van der Waals surface area contributed by atoms with Crippen LogP contribution in [0.5, 0.6) is 0 Å². The van der Waals surface area contributed by atoms with E-state index in [1.165, 1.54) is 0 Å². The number of alkyl halides is 1. The zero-order valence-corrected chi connectivity index (χ0v) is 10.8. The van der Waals surface area contributed by atoms with Gasteiger partial charge < -0.3 is 5.32 Å². The molecule has 0 fully saturated rings. The molecule has 0 saturated heterocycles. The number of rotatable bonds is 3. The Balaban J connectivity index is 2.71. The zero-order valence-electron chi connectivity index (χ0n) is 7.05. The minimum atomic E-state index is -0.0723. The largest absolute Gasteiger partial charge is 0.351 e. The maximum absolute atomic E-state index is 11.4. The fraction of sp³-hybridized carbons (Fsp3) is 0.429. The van der Waals surface area contributed by atoms with Crippen molar-refractivity contribution >= 4 is 44.4 Å². The highest BCUT2D eigenvalue weighted by Gasteiger charge is 2.12. The van der Waals surface area contributed by atoms with Crippen LogP contribution in [0.1, 0.15) is 10.4 Å². The van der Waals surface area contributed by atoms with E-state index in [1.54, 1.807) is 10.9 Å². The lowest BCUT2D eigenvalue weighted by atomic mass is 10.3. The summed E-state index contributed by atoms with van der Waals surface area (Å²) in [7, 11) is 1.81. The number of hydrogen-bond acceptors (Lipinski definition) is 2. The predicted octanol–water partition coefficient (Wildman–Crippen LogP) is 1.15. The standard InChI is InChI=1S/C7H9BrIN3O/c1-12-6(9)5(4-11-12)7(13)10-3-2-8/h4H,2-3H2,1H3,(H,10,13). The topological polar surface area (TPSA) is 46.9 Å². The zero-order chi connectivity index (χ0) is 9.84. The van der Waals surface area contributed by atoms with Crippen LogP contribution in [0.4, 0.5) is 0 Å². The van der Waals surface area contributed by atoms with Crippen molar-refractivity contribution in [1.82, 2.24) is 15.1 Å². The van der Waals surface area contributed by atoms with E-state index in [1.807, 2.05) is 7.05 Å². The average Bonchev–Trinajstić information content (AvgIpc) is 2.44. The molecule has 13 heavy (non-hydrogen) atoms. The molecule has 1 heterocycles. The Bertz CT molecular complexity index is 313. The maximum Gasteiger partial charge on any atom is 0.255 e. The summed E-state index contributed by atoms with van der Waals surface area (Å²) in [6.45, 7) is 0.629. The molecule has 6 heteroatoms. The van der Waals surface area contributed by atoms with Crippen LogP contribution in [-0.2, 0) is 7.05 Å². The predicted molar refractivity (Wildman–Crippen MR) is 62.1 cm³/mol. The van der Waals surface area contributed by atoms with E-state index in [4.69, 9.17) is 0 Å². The van der Waals surface area contributed by atoms with E-state index in [0.29, 0.717) is 12.1 Å². The van der Waals surface area contributed by atoms with Crippen LogP contribution in [-0.4, -0.2) is 27.6 Å². The summed E-state index contributed by atoms with van der Waals surface area (Å²) in [5, 5.41) is 7.50. The summed E-state index contributed by atoms with van der Waals surface area (Å²) in [6.07, 6.45) is 1.57. The number of nitrogens with one attached hydrogen (secondary N) is 1. The van der Waals surface area contributed by atoms with Gasteiger partial charge in [0.15, 0.2) is 0 Å². The molecule has 4 nitrogen and oxygen atoms in total. The smallest absolute Gasteiger partial charge is 0.255 e. The van der Waals surface area contributed by atoms with E-state index >= 15 is 0 Å². The van der Waals surface area contributed by atoms with Crippen molar-refractivity contribution in [2.75, 3.05) is 11.9 Å². The Morgan fingerprint density at radius 1 is 1.85 bits per heavy atom. The minimum Gasteiger partial charge on any atom is -0.351 e. The SMILES string of the molecule is Cn1ncc(C(=O)NCCBr)c1I. The number of nitrogens with zero attached hydrogens (tertiary/aromatic N) is 2. The molecule has 1 rings (SSSR count). The van der Waals surface area contributed by atoms with Crippen LogP contribution in [0.3, 0.4) is 0 Å². The molecule has 1 N–H and O–H groups in total. The molecule has 0 aliphatic rings. The van der Waals surface area contributed by atoms with Crippen molar-refractivity contribution in [3.8, 4) is 0 Å². The second-order valence-electron chi connectivity index (χ2n) is 2.42. The summed E-state index contributed by atoms with van der Waals surface area (Å²) in [6, 6.07) is 0. The molecule has 0 bridgehead atoms. The highest BCUT2D eigenvalue weighted by atomic mass is 127. The lowest BCUT2D eigenvalue weighted by Gasteiger charge is -2.00. The first-order valence-corrected chi connectivity index (χ1v) is 5.88. The van der Waals surface area contributed by atoms with Crippen molar-refractivity contribution in [2.45, 2.75) is 0 Å². The Kier molecular flexibility index (Phi) is 4.17. The molecule has 1 aromatic heterocycles. The van der Waals surface area contributed by atoms with E-state index in [-0.39, 0.29) is 5.91 Å². The number of aromatic nitrogens is 2. The first-order valence-electron chi connectivity index (χ1n) is 3.68. The maximum atomic E-state index is 11.4. The minimum absolute atomic E-state index is 0.0723. The van der Waals surface area contributed by atoms with Crippen molar-refractivity contribution in [2.24, 2.45) is 7.05 Å². The average molecular weight is 358 g/mol. The van der Waals surface area contributed by atoms with Crippen LogP contribution in [0.2, 0.25) is 0 Å². The summed E-state index contributed by atoms with van der Waals surface area (Å²) < 4.78 is 2.52. The third-order valence-corrected chi connectivity index (χ3v) is 3.17. The number of halogens is 2. The van der Waals surface area contributed by atoms with E-state index in [2.05, 4.69) is 48.9 Å². The lowest BCUT2D eigenvalue weighted by Crippen LogP contribution is -2.25. The van der Waals surface area contributed by atoms with Crippen molar-refractivity contribution < 1.29 is 4.79 Å². The first-order chi connectivity index (χ1) is 6.16. The van der Waals surface area contributed by atoms with Crippen LogP contribution < -0.4 is 5.32 Å².